The molecular weight excluding hydrogens is 292 g/mol. The van der Waals surface area contributed by atoms with E-state index < -0.39 is 0 Å². The molecule has 0 aliphatic carbocycles. The Bertz CT molecular complexity index is 580. The van der Waals surface area contributed by atoms with Gasteiger partial charge >= 0.3 is 0 Å². The van der Waals surface area contributed by atoms with Crippen molar-refractivity contribution in [3.63, 3.8) is 0 Å². The van der Waals surface area contributed by atoms with Gasteiger partial charge < -0.3 is 9.32 Å². The van der Waals surface area contributed by atoms with E-state index >= 15 is 0 Å². The van der Waals surface area contributed by atoms with E-state index in [2.05, 4.69) is 4.98 Å². The first kappa shape index (κ1) is 13.7. The summed E-state index contributed by atoms with van der Waals surface area (Å²) in [6.07, 6.45) is 2.64. The van der Waals surface area contributed by atoms with Crippen molar-refractivity contribution < 1.29 is 9.21 Å². The van der Waals surface area contributed by atoms with Crippen molar-refractivity contribution in [1.29, 1.82) is 0 Å². The minimum Gasteiger partial charge on any atom is -0.468 e. The van der Waals surface area contributed by atoms with Gasteiger partial charge in [0.05, 0.1) is 22.7 Å². The number of rotatable bonds is 2. The molecule has 3 rings (SSSR count). The lowest BCUT2D eigenvalue weighted by molar-refractivity contribution is 0.0770. The molecule has 0 N–H and O–H groups in total. The molecule has 0 aromatic carbocycles. The first-order valence-electron chi connectivity index (χ1n) is 6.60. The molecule has 1 fully saturated rings. The second-order valence-corrected chi connectivity index (χ2v) is 6.89. The summed E-state index contributed by atoms with van der Waals surface area (Å²) >= 11 is 3.29. The van der Waals surface area contributed by atoms with Crippen molar-refractivity contribution in [3.8, 4) is 0 Å². The van der Waals surface area contributed by atoms with Crippen LogP contribution in [0.25, 0.3) is 0 Å². The van der Waals surface area contributed by atoms with Gasteiger partial charge in [-0.1, -0.05) is 0 Å². The van der Waals surface area contributed by atoms with E-state index in [1.165, 1.54) is 11.3 Å². The second-order valence-electron chi connectivity index (χ2n) is 4.72. The van der Waals surface area contributed by atoms with E-state index in [1.54, 1.807) is 11.8 Å². The first-order chi connectivity index (χ1) is 9.75. The molecule has 4 nitrogen and oxygen atoms in total. The van der Waals surface area contributed by atoms with Gasteiger partial charge in [0, 0.05) is 18.8 Å². The largest absolute Gasteiger partial charge is 0.468 e. The second kappa shape index (κ2) is 6.01. The molecule has 3 heterocycles. The maximum atomic E-state index is 12.5. The van der Waals surface area contributed by atoms with Gasteiger partial charge in [-0.3, -0.25) is 4.79 Å². The van der Waals surface area contributed by atoms with Crippen molar-refractivity contribution in [3.05, 3.63) is 40.2 Å². The number of thiazole rings is 1. The molecule has 1 unspecified atom stereocenters. The van der Waals surface area contributed by atoms with E-state index in [0.717, 1.165) is 41.6 Å². The van der Waals surface area contributed by atoms with Crippen molar-refractivity contribution in [1.82, 2.24) is 9.88 Å². The third-order valence-corrected chi connectivity index (χ3v) is 5.63. The zero-order chi connectivity index (χ0) is 13.9. The highest BCUT2D eigenvalue weighted by Crippen LogP contribution is 2.34. The number of aryl methyl sites for hydroxylation is 1. The number of furan rings is 1. The normalized spacial score (nSPS) is 19.9. The number of hydrogen-bond acceptors (Lipinski definition) is 5. The van der Waals surface area contributed by atoms with Crippen LogP contribution < -0.4 is 0 Å². The molecule has 1 aliphatic heterocycles. The Morgan fingerprint density at radius 2 is 2.40 bits per heavy atom. The van der Waals surface area contributed by atoms with E-state index in [9.17, 15) is 4.79 Å². The number of thioether (sulfide) groups is 1. The molecule has 2 aromatic rings. The number of aromatic nitrogens is 1. The third kappa shape index (κ3) is 2.76. The smallest absolute Gasteiger partial charge is 0.265 e. The average Bonchev–Trinajstić information content (AvgIpc) is 3.05. The highest BCUT2D eigenvalue weighted by Gasteiger charge is 2.25. The van der Waals surface area contributed by atoms with Crippen LogP contribution in [0.15, 0.2) is 28.3 Å². The summed E-state index contributed by atoms with van der Waals surface area (Å²) in [7, 11) is 0. The zero-order valence-electron chi connectivity index (χ0n) is 11.2. The Kier molecular flexibility index (Phi) is 4.12. The summed E-state index contributed by atoms with van der Waals surface area (Å²) in [6, 6.07) is 3.94. The Morgan fingerprint density at radius 1 is 1.50 bits per heavy atom. The van der Waals surface area contributed by atoms with Crippen LogP contribution in [-0.4, -0.2) is 34.6 Å². The van der Waals surface area contributed by atoms with Crippen LogP contribution in [0.4, 0.5) is 0 Å². The van der Waals surface area contributed by atoms with Crippen LogP contribution in [0.2, 0.25) is 0 Å². The minimum atomic E-state index is 0.116. The van der Waals surface area contributed by atoms with Crippen LogP contribution in [0, 0.1) is 6.92 Å². The molecule has 20 heavy (non-hydrogen) atoms. The van der Waals surface area contributed by atoms with E-state index in [1.807, 2.05) is 35.7 Å². The summed E-state index contributed by atoms with van der Waals surface area (Å²) in [4.78, 5) is 19.4. The van der Waals surface area contributed by atoms with Crippen LogP contribution in [0.1, 0.15) is 32.8 Å². The fraction of sp³-hybridized carbons (Fsp3) is 0.429. The molecular formula is C14H16N2O2S2. The number of amides is 1. The molecule has 6 heteroatoms. The summed E-state index contributed by atoms with van der Waals surface area (Å²) in [5.74, 6) is 2.07. The standard InChI is InChI=1S/C14H16N2O2S2/c1-10-13(20-9-15-10)14(17)16-5-4-12(19-8-6-16)11-3-2-7-18-11/h2-3,7,9,12H,4-6,8H2,1H3. The quantitative estimate of drug-likeness (QED) is 0.853. The topological polar surface area (TPSA) is 46.3 Å². The Hall–Kier alpha value is -1.27. The Morgan fingerprint density at radius 3 is 3.10 bits per heavy atom. The van der Waals surface area contributed by atoms with Crippen molar-refractivity contribution in [2.45, 2.75) is 18.6 Å². The van der Waals surface area contributed by atoms with E-state index in [0.29, 0.717) is 5.25 Å². The molecule has 2 aromatic heterocycles. The average molecular weight is 308 g/mol. The zero-order valence-corrected chi connectivity index (χ0v) is 12.9. The monoisotopic (exact) mass is 308 g/mol. The first-order valence-corrected chi connectivity index (χ1v) is 8.53. The Balaban J connectivity index is 1.68. The fourth-order valence-electron chi connectivity index (χ4n) is 2.33. The number of hydrogen-bond donors (Lipinski definition) is 0. The van der Waals surface area contributed by atoms with Crippen molar-refractivity contribution in [2.24, 2.45) is 0 Å². The molecule has 106 valence electrons. The van der Waals surface area contributed by atoms with Gasteiger partial charge in [-0.05, 0) is 25.5 Å². The van der Waals surface area contributed by atoms with E-state index in [4.69, 9.17) is 4.42 Å². The van der Waals surface area contributed by atoms with Crippen molar-refractivity contribution in [2.75, 3.05) is 18.8 Å². The van der Waals surface area contributed by atoms with Gasteiger partial charge in [0.1, 0.15) is 10.6 Å². The summed E-state index contributed by atoms with van der Waals surface area (Å²) in [5.41, 5.74) is 2.57. The van der Waals surface area contributed by atoms with Crippen molar-refractivity contribution >= 4 is 29.0 Å². The molecule has 0 bridgehead atoms. The summed E-state index contributed by atoms with van der Waals surface area (Å²) < 4.78 is 5.48. The lowest BCUT2D eigenvalue weighted by atomic mass is 10.2. The van der Waals surface area contributed by atoms with Crippen LogP contribution in [0.5, 0.6) is 0 Å². The summed E-state index contributed by atoms with van der Waals surface area (Å²) in [6.45, 7) is 3.45. The maximum absolute atomic E-state index is 12.5. The third-order valence-electron chi connectivity index (χ3n) is 3.43. The summed E-state index contributed by atoms with van der Waals surface area (Å²) in [5, 5.41) is 0.352. The van der Waals surface area contributed by atoms with Crippen LogP contribution in [0.3, 0.4) is 0 Å². The molecule has 1 amide bonds. The maximum Gasteiger partial charge on any atom is 0.265 e. The number of carbonyl (C=O) groups is 1. The molecule has 0 spiro atoms. The number of nitrogens with zero attached hydrogens (tertiary/aromatic N) is 2. The minimum absolute atomic E-state index is 0.116. The fourth-order valence-corrected chi connectivity index (χ4v) is 4.28. The highest BCUT2D eigenvalue weighted by atomic mass is 32.2. The van der Waals surface area contributed by atoms with Crippen LogP contribution in [-0.2, 0) is 0 Å². The van der Waals surface area contributed by atoms with Gasteiger partial charge in [-0.25, -0.2) is 4.98 Å². The van der Waals surface area contributed by atoms with Gasteiger partial charge in [0.2, 0.25) is 0 Å². The van der Waals surface area contributed by atoms with Gasteiger partial charge in [0.15, 0.2) is 0 Å². The molecule has 0 radical (unpaired) electrons. The highest BCUT2D eigenvalue weighted by molar-refractivity contribution is 7.99. The van der Waals surface area contributed by atoms with Gasteiger partial charge in [0.25, 0.3) is 5.91 Å². The van der Waals surface area contributed by atoms with E-state index in [-0.39, 0.29) is 5.91 Å². The van der Waals surface area contributed by atoms with Gasteiger partial charge in [-0.15, -0.1) is 23.1 Å². The SMILES string of the molecule is Cc1ncsc1C(=O)N1CCSC(c2ccco2)CC1. The number of carbonyl (C=O) groups excluding carboxylic acids is 1. The molecule has 1 atom stereocenters. The predicted octanol–water partition coefficient (Wildman–Crippen LogP) is 3.36. The molecule has 1 saturated heterocycles. The predicted molar refractivity (Wildman–Crippen MR) is 81.3 cm³/mol. The van der Waals surface area contributed by atoms with Crippen LogP contribution >= 0.6 is 23.1 Å². The van der Waals surface area contributed by atoms with Gasteiger partial charge in [-0.2, -0.15) is 0 Å². The lowest BCUT2D eigenvalue weighted by Gasteiger charge is -2.19. The molecule has 0 saturated carbocycles. The Labute approximate surface area is 126 Å². The molecule has 1 aliphatic rings. The lowest BCUT2D eigenvalue weighted by Crippen LogP contribution is -2.32.